The van der Waals surface area contributed by atoms with Crippen LogP contribution in [0.4, 0.5) is 0 Å². The van der Waals surface area contributed by atoms with Crippen LogP contribution >= 0.6 is 0 Å². The molecule has 1 aromatic heterocycles. The third kappa shape index (κ3) is 2.22. The van der Waals surface area contributed by atoms with Crippen LogP contribution < -0.4 is 10.5 Å². The smallest absolute Gasteiger partial charge is 0.121 e. The second-order valence-corrected chi connectivity index (χ2v) is 4.39. The van der Waals surface area contributed by atoms with Gasteiger partial charge < -0.3 is 10.5 Å². The molecule has 0 bridgehead atoms. The number of nitrogens with zero attached hydrogens (tertiary/aromatic N) is 3. The molecule has 1 aromatic carbocycles. The fraction of sp³-hybridized carbons (Fsp3) is 0.385. The Balaban J connectivity index is 2.52. The van der Waals surface area contributed by atoms with E-state index in [1.54, 1.807) is 7.11 Å². The molecule has 0 radical (unpaired) electrons. The van der Waals surface area contributed by atoms with Crippen molar-refractivity contribution in [3.63, 3.8) is 0 Å². The van der Waals surface area contributed by atoms with E-state index < -0.39 is 0 Å². The van der Waals surface area contributed by atoms with Crippen LogP contribution in [0.2, 0.25) is 0 Å². The average Bonchev–Trinajstić information content (AvgIpc) is 2.82. The summed E-state index contributed by atoms with van der Waals surface area (Å²) in [6.07, 6.45) is 0. The summed E-state index contributed by atoms with van der Waals surface area (Å²) < 4.78 is 7.05. The predicted octanol–water partition coefficient (Wildman–Crippen LogP) is 1.86. The molecular formula is C13H18N4O. The van der Waals surface area contributed by atoms with E-state index in [1.165, 1.54) is 0 Å². The fourth-order valence-corrected chi connectivity index (χ4v) is 1.98. The van der Waals surface area contributed by atoms with Crippen molar-refractivity contribution in [3.8, 4) is 11.4 Å². The number of benzene rings is 1. The van der Waals surface area contributed by atoms with Gasteiger partial charge in [0.2, 0.25) is 0 Å². The summed E-state index contributed by atoms with van der Waals surface area (Å²) in [6, 6.07) is 7.74. The van der Waals surface area contributed by atoms with Gasteiger partial charge in [0.05, 0.1) is 18.5 Å². The predicted molar refractivity (Wildman–Crippen MR) is 69.9 cm³/mol. The number of aromatic nitrogens is 3. The molecule has 0 fully saturated rings. The van der Waals surface area contributed by atoms with Gasteiger partial charge in [-0.15, -0.1) is 5.10 Å². The Morgan fingerprint density at radius 2 is 2.17 bits per heavy atom. The summed E-state index contributed by atoms with van der Waals surface area (Å²) >= 11 is 0. The highest BCUT2D eigenvalue weighted by molar-refractivity contribution is 5.40. The molecular weight excluding hydrogens is 228 g/mol. The summed E-state index contributed by atoms with van der Waals surface area (Å²) in [6.45, 7) is 4.61. The number of hydrogen-bond acceptors (Lipinski definition) is 4. The summed E-state index contributed by atoms with van der Waals surface area (Å²) in [5.41, 5.74) is 8.52. The Bertz CT molecular complexity index is 534. The van der Waals surface area contributed by atoms with Crippen LogP contribution in [0.3, 0.4) is 0 Å². The third-order valence-electron chi connectivity index (χ3n) is 2.82. The minimum Gasteiger partial charge on any atom is -0.497 e. The fourth-order valence-electron chi connectivity index (χ4n) is 1.98. The van der Waals surface area contributed by atoms with Crippen molar-refractivity contribution in [1.29, 1.82) is 0 Å². The maximum absolute atomic E-state index is 5.70. The van der Waals surface area contributed by atoms with Crippen LogP contribution in [0.1, 0.15) is 31.2 Å². The zero-order chi connectivity index (χ0) is 13.1. The molecule has 0 aliphatic rings. The second kappa shape index (κ2) is 5.18. The Labute approximate surface area is 107 Å². The molecule has 0 amide bonds. The molecule has 0 aliphatic heterocycles. The van der Waals surface area contributed by atoms with E-state index in [-0.39, 0.29) is 0 Å². The first kappa shape index (κ1) is 12.6. The van der Waals surface area contributed by atoms with Gasteiger partial charge >= 0.3 is 0 Å². The van der Waals surface area contributed by atoms with Crippen molar-refractivity contribution >= 4 is 0 Å². The first-order valence-electron chi connectivity index (χ1n) is 5.96. The first-order chi connectivity index (χ1) is 8.67. The highest BCUT2D eigenvalue weighted by atomic mass is 16.5. The Morgan fingerprint density at radius 3 is 2.78 bits per heavy atom. The van der Waals surface area contributed by atoms with Gasteiger partial charge in [-0.2, -0.15) is 0 Å². The van der Waals surface area contributed by atoms with Crippen molar-refractivity contribution < 1.29 is 4.74 Å². The monoisotopic (exact) mass is 246 g/mol. The molecule has 2 N–H and O–H groups in total. The molecule has 0 atom stereocenters. The van der Waals surface area contributed by atoms with Gasteiger partial charge in [0, 0.05) is 12.6 Å². The molecule has 0 aliphatic carbocycles. The Kier molecular flexibility index (Phi) is 3.62. The van der Waals surface area contributed by atoms with E-state index in [4.69, 9.17) is 10.5 Å². The second-order valence-electron chi connectivity index (χ2n) is 4.39. The van der Waals surface area contributed by atoms with Crippen LogP contribution in [0.5, 0.6) is 5.75 Å². The van der Waals surface area contributed by atoms with E-state index in [2.05, 4.69) is 24.2 Å². The van der Waals surface area contributed by atoms with Crippen LogP contribution in [0, 0.1) is 0 Å². The van der Waals surface area contributed by atoms with Crippen LogP contribution in [-0.2, 0) is 6.54 Å². The van der Waals surface area contributed by atoms with Crippen molar-refractivity contribution in [1.82, 2.24) is 15.0 Å². The summed E-state index contributed by atoms with van der Waals surface area (Å²) in [5.74, 6) is 1.11. The summed E-state index contributed by atoms with van der Waals surface area (Å²) in [5, 5.41) is 8.32. The van der Waals surface area contributed by atoms with Gasteiger partial charge in [-0.05, 0) is 18.1 Å². The Morgan fingerprint density at radius 1 is 1.39 bits per heavy atom. The standard InChI is InChI=1S/C13H18N4O/c1-9(2)13-12(8-14)15-16-17(13)10-5-4-6-11(7-10)18-3/h4-7,9H,8,14H2,1-3H3. The molecule has 0 unspecified atom stereocenters. The lowest BCUT2D eigenvalue weighted by Gasteiger charge is -2.11. The van der Waals surface area contributed by atoms with Crippen molar-refractivity contribution in [2.24, 2.45) is 5.73 Å². The molecule has 0 saturated heterocycles. The minimum atomic E-state index is 0.310. The molecule has 0 spiro atoms. The van der Waals surface area contributed by atoms with Gasteiger partial charge in [0.25, 0.3) is 0 Å². The zero-order valence-corrected chi connectivity index (χ0v) is 10.9. The van der Waals surface area contributed by atoms with E-state index >= 15 is 0 Å². The van der Waals surface area contributed by atoms with Gasteiger partial charge in [-0.25, -0.2) is 4.68 Å². The molecule has 5 heteroatoms. The number of methoxy groups -OCH3 is 1. The lowest BCUT2D eigenvalue weighted by atomic mass is 10.1. The van der Waals surface area contributed by atoms with E-state index in [9.17, 15) is 0 Å². The lowest BCUT2D eigenvalue weighted by molar-refractivity contribution is 0.414. The van der Waals surface area contributed by atoms with Gasteiger partial charge in [-0.1, -0.05) is 25.1 Å². The number of rotatable bonds is 4. The molecule has 0 saturated carbocycles. The van der Waals surface area contributed by atoms with Gasteiger partial charge in [0.1, 0.15) is 11.4 Å². The molecule has 1 heterocycles. The molecule has 96 valence electrons. The number of hydrogen-bond donors (Lipinski definition) is 1. The van der Waals surface area contributed by atoms with Crippen LogP contribution in [0.15, 0.2) is 24.3 Å². The highest BCUT2D eigenvalue weighted by Crippen LogP contribution is 2.23. The SMILES string of the molecule is COc1cccc(-n2nnc(CN)c2C(C)C)c1. The Hall–Kier alpha value is -1.88. The zero-order valence-electron chi connectivity index (χ0n) is 10.9. The van der Waals surface area contributed by atoms with Crippen molar-refractivity contribution in [2.45, 2.75) is 26.3 Å². The van der Waals surface area contributed by atoms with E-state index in [0.29, 0.717) is 12.5 Å². The third-order valence-corrected chi connectivity index (χ3v) is 2.82. The lowest BCUT2D eigenvalue weighted by Crippen LogP contribution is -2.07. The quantitative estimate of drug-likeness (QED) is 0.894. The maximum Gasteiger partial charge on any atom is 0.121 e. The van der Waals surface area contributed by atoms with Gasteiger partial charge in [0.15, 0.2) is 0 Å². The molecule has 18 heavy (non-hydrogen) atoms. The van der Waals surface area contributed by atoms with Crippen molar-refractivity contribution in [3.05, 3.63) is 35.7 Å². The van der Waals surface area contributed by atoms with Gasteiger partial charge in [-0.3, -0.25) is 0 Å². The maximum atomic E-state index is 5.70. The topological polar surface area (TPSA) is 66.0 Å². The van der Waals surface area contributed by atoms with Crippen LogP contribution in [0.25, 0.3) is 5.69 Å². The van der Waals surface area contributed by atoms with Crippen molar-refractivity contribution in [2.75, 3.05) is 7.11 Å². The van der Waals surface area contributed by atoms with E-state index in [0.717, 1.165) is 22.8 Å². The number of ether oxygens (including phenoxy) is 1. The summed E-state index contributed by atoms with van der Waals surface area (Å²) in [4.78, 5) is 0. The average molecular weight is 246 g/mol. The largest absolute Gasteiger partial charge is 0.497 e. The molecule has 2 rings (SSSR count). The molecule has 2 aromatic rings. The normalized spacial score (nSPS) is 10.9. The van der Waals surface area contributed by atoms with Crippen LogP contribution in [-0.4, -0.2) is 22.1 Å². The van der Waals surface area contributed by atoms with E-state index in [1.807, 2.05) is 28.9 Å². The number of nitrogens with two attached hydrogens (primary N) is 1. The summed E-state index contributed by atoms with van der Waals surface area (Å²) in [7, 11) is 1.65. The molecule has 5 nitrogen and oxygen atoms in total. The minimum absolute atomic E-state index is 0.310. The first-order valence-corrected chi connectivity index (χ1v) is 5.96. The highest BCUT2D eigenvalue weighted by Gasteiger charge is 2.16.